The highest BCUT2D eigenvalue weighted by Crippen LogP contribution is 2.65. The smallest absolute Gasteiger partial charge is 0.408 e. The molecule has 3 saturated carbocycles. The summed E-state index contributed by atoms with van der Waals surface area (Å²) in [5.74, 6) is -1.81. The summed E-state index contributed by atoms with van der Waals surface area (Å²) in [6.07, 6.45) is 8.15. The van der Waals surface area contributed by atoms with Gasteiger partial charge in [-0.3, -0.25) is 19.2 Å². The molecule has 10 nitrogen and oxygen atoms in total. The van der Waals surface area contributed by atoms with Gasteiger partial charge in [0, 0.05) is 13.1 Å². The van der Waals surface area contributed by atoms with Gasteiger partial charge in [-0.05, 0) is 67.6 Å². The first-order valence-corrected chi connectivity index (χ1v) is 15.5. The van der Waals surface area contributed by atoms with E-state index in [0.717, 1.165) is 44.9 Å². The highest BCUT2D eigenvalue weighted by Gasteiger charge is 2.69. The molecule has 0 aromatic heterocycles. The number of carbonyl (C=O) groups is 5. The molecule has 228 valence electrons. The van der Waals surface area contributed by atoms with Crippen molar-refractivity contribution >= 4 is 29.6 Å². The molecule has 0 aromatic carbocycles. The van der Waals surface area contributed by atoms with Crippen molar-refractivity contribution in [1.29, 1.82) is 0 Å². The minimum Gasteiger partial charge on any atom is -0.446 e. The summed E-state index contributed by atoms with van der Waals surface area (Å²) >= 11 is 0. The maximum atomic E-state index is 14.2. The molecule has 3 aliphatic carbocycles. The van der Waals surface area contributed by atoms with Gasteiger partial charge >= 0.3 is 6.09 Å². The maximum absolute atomic E-state index is 14.2. The first-order chi connectivity index (χ1) is 19.5. The minimum atomic E-state index is -0.984. The Balaban J connectivity index is 1.51. The fraction of sp³-hybridized carbons (Fsp3) is 0.774. The minimum absolute atomic E-state index is 0.0207. The largest absolute Gasteiger partial charge is 0.446 e. The van der Waals surface area contributed by atoms with E-state index < -0.39 is 41.8 Å². The van der Waals surface area contributed by atoms with Crippen LogP contribution in [-0.4, -0.2) is 71.8 Å². The lowest BCUT2D eigenvalue weighted by Crippen LogP contribution is -2.59. The lowest BCUT2D eigenvalue weighted by atomic mass is 9.94. The molecule has 4 aliphatic rings. The molecule has 0 aromatic rings. The summed E-state index contributed by atoms with van der Waals surface area (Å²) in [6, 6.07) is -2.53. The van der Waals surface area contributed by atoms with Crippen LogP contribution < -0.4 is 16.0 Å². The van der Waals surface area contributed by atoms with E-state index in [4.69, 9.17) is 4.74 Å². The molecule has 4 rings (SSSR count). The lowest BCUT2D eigenvalue weighted by Gasteiger charge is -2.35. The monoisotopic (exact) mass is 572 g/mol. The Morgan fingerprint density at radius 2 is 1.76 bits per heavy atom. The molecule has 1 aliphatic heterocycles. The van der Waals surface area contributed by atoms with E-state index in [-0.39, 0.29) is 41.7 Å². The standard InChI is InChI=1S/C31H48N4O6/c1-6-11-21(26(36)28(38)32-16-7-2)33-27(37)25-23-20(31(23,4)5)17-35(25)29(39)24(19-13-8-9-14-19)34-30(40)41-22-15-10-12-18(22)3/h7,18-25H,2,6,8-17H2,1,3-5H3,(H,32,38)(H,33,37)(H,34,40)/t18-,20-,21?,22-,23-,24-,25-/m0/s1. The molecule has 41 heavy (non-hydrogen) atoms. The van der Waals surface area contributed by atoms with Gasteiger partial charge in [-0.15, -0.1) is 6.58 Å². The van der Waals surface area contributed by atoms with Crippen LogP contribution in [0.2, 0.25) is 0 Å². The number of Topliss-reactive ketones (excluding diaryl/α,β-unsaturated/α-hetero) is 1. The number of nitrogens with zero attached hydrogens (tertiary/aromatic N) is 1. The molecule has 0 spiro atoms. The summed E-state index contributed by atoms with van der Waals surface area (Å²) in [4.78, 5) is 67.9. The van der Waals surface area contributed by atoms with Crippen molar-refractivity contribution in [2.45, 2.75) is 110 Å². The third-order valence-electron chi connectivity index (χ3n) is 10.1. The second kappa shape index (κ2) is 12.9. The zero-order valence-corrected chi connectivity index (χ0v) is 25.1. The van der Waals surface area contributed by atoms with E-state index in [0.29, 0.717) is 25.3 Å². The molecule has 10 heteroatoms. The molecule has 1 heterocycles. The fourth-order valence-corrected chi connectivity index (χ4v) is 7.47. The van der Waals surface area contributed by atoms with Gasteiger partial charge in [-0.25, -0.2) is 4.79 Å². The third kappa shape index (κ3) is 6.61. The number of hydrogen-bond donors (Lipinski definition) is 3. The number of rotatable bonds is 12. The summed E-state index contributed by atoms with van der Waals surface area (Å²) in [5, 5.41) is 8.21. The molecule has 4 amide bonds. The van der Waals surface area contributed by atoms with Crippen molar-refractivity contribution in [2.75, 3.05) is 13.1 Å². The second-order valence-corrected chi connectivity index (χ2v) is 13.1. The van der Waals surface area contributed by atoms with Gasteiger partial charge in [-0.2, -0.15) is 0 Å². The molecule has 0 bridgehead atoms. The van der Waals surface area contributed by atoms with Gasteiger partial charge in [0.1, 0.15) is 18.2 Å². The number of fused-ring (bicyclic) bond motifs is 1. The molecule has 7 atom stereocenters. The van der Waals surface area contributed by atoms with Crippen molar-refractivity contribution in [3.8, 4) is 0 Å². The molecular weight excluding hydrogens is 524 g/mol. The van der Waals surface area contributed by atoms with Gasteiger partial charge in [0.05, 0.1) is 6.04 Å². The van der Waals surface area contributed by atoms with Gasteiger partial charge in [0.2, 0.25) is 17.6 Å². The van der Waals surface area contributed by atoms with E-state index in [1.807, 2.05) is 6.92 Å². The Morgan fingerprint density at radius 1 is 1.05 bits per heavy atom. The topological polar surface area (TPSA) is 134 Å². The average molecular weight is 573 g/mol. The van der Waals surface area contributed by atoms with E-state index in [1.165, 1.54) is 6.08 Å². The summed E-state index contributed by atoms with van der Waals surface area (Å²) in [5.41, 5.74) is -0.127. The lowest BCUT2D eigenvalue weighted by molar-refractivity contribution is -0.144. The van der Waals surface area contributed by atoms with Gasteiger partial charge < -0.3 is 25.6 Å². The molecule has 4 fully saturated rings. The maximum Gasteiger partial charge on any atom is 0.408 e. The SMILES string of the molecule is C=CCNC(=O)C(=O)C(CCC)NC(=O)[C@@H]1[C@@H]2[C@H](CN1C(=O)[C@@H](NC(=O)O[C@H]1CCC[C@@H]1C)C1CCCC1)C2(C)C. The van der Waals surface area contributed by atoms with E-state index in [2.05, 4.69) is 43.3 Å². The first kappa shape index (κ1) is 31.0. The highest BCUT2D eigenvalue weighted by atomic mass is 16.6. The molecule has 0 radical (unpaired) electrons. The van der Waals surface area contributed by atoms with E-state index >= 15 is 0 Å². The number of hydrogen-bond acceptors (Lipinski definition) is 6. The van der Waals surface area contributed by atoms with Crippen LogP contribution in [0.25, 0.3) is 0 Å². The number of carbonyl (C=O) groups excluding carboxylic acids is 5. The Morgan fingerprint density at radius 3 is 2.37 bits per heavy atom. The van der Waals surface area contributed by atoms with Crippen molar-refractivity contribution < 1.29 is 28.7 Å². The number of nitrogens with one attached hydrogen (secondary N) is 3. The highest BCUT2D eigenvalue weighted by molar-refractivity contribution is 6.38. The number of likely N-dealkylation sites (tertiary alicyclic amines) is 1. The molecule has 1 unspecified atom stereocenters. The van der Waals surface area contributed by atoms with Crippen molar-refractivity contribution in [3.63, 3.8) is 0 Å². The number of amides is 4. The van der Waals surface area contributed by atoms with Crippen LogP contribution in [0.15, 0.2) is 12.7 Å². The zero-order chi connectivity index (χ0) is 29.9. The van der Waals surface area contributed by atoms with Crippen molar-refractivity contribution in [2.24, 2.45) is 29.1 Å². The van der Waals surface area contributed by atoms with Gasteiger partial charge in [0.25, 0.3) is 5.91 Å². The number of ketones is 1. The van der Waals surface area contributed by atoms with Crippen LogP contribution in [0.1, 0.15) is 85.5 Å². The van der Waals surface area contributed by atoms with Crippen LogP contribution >= 0.6 is 0 Å². The number of ether oxygens (including phenoxy) is 1. The number of alkyl carbamates (subject to hydrolysis) is 1. The Hall–Kier alpha value is -2.91. The molecule has 1 saturated heterocycles. The number of piperidine rings is 1. The predicted octanol–water partition coefficient (Wildman–Crippen LogP) is 3.10. The first-order valence-electron chi connectivity index (χ1n) is 15.5. The van der Waals surface area contributed by atoms with Crippen LogP contribution in [0.4, 0.5) is 4.79 Å². The van der Waals surface area contributed by atoms with Gasteiger partial charge in [0.15, 0.2) is 0 Å². The zero-order valence-electron chi connectivity index (χ0n) is 25.1. The Labute approximate surface area is 243 Å². The average Bonchev–Trinajstić information content (AvgIpc) is 3.51. The summed E-state index contributed by atoms with van der Waals surface area (Å²) in [7, 11) is 0. The molecule has 3 N–H and O–H groups in total. The van der Waals surface area contributed by atoms with Crippen molar-refractivity contribution in [1.82, 2.24) is 20.9 Å². The van der Waals surface area contributed by atoms with Crippen molar-refractivity contribution in [3.05, 3.63) is 12.7 Å². The third-order valence-corrected chi connectivity index (χ3v) is 10.1. The molecular formula is C31H48N4O6. The van der Waals surface area contributed by atoms with E-state index in [1.54, 1.807) is 4.90 Å². The Bertz CT molecular complexity index is 1040. The fourth-order valence-electron chi connectivity index (χ4n) is 7.47. The Kier molecular flexibility index (Phi) is 9.80. The van der Waals surface area contributed by atoms with Crippen LogP contribution in [0, 0.1) is 29.1 Å². The predicted molar refractivity (Wildman–Crippen MR) is 153 cm³/mol. The van der Waals surface area contributed by atoms with Gasteiger partial charge in [-0.1, -0.05) is 53.0 Å². The van der Waals surface area contributed by atoms with Crippen LogP contribution in [-0.2, 0) is 23.9 Å². The van der Waals surface area contributed by atoms with Crippen LogP contribution in [0.5, 0.6) is 0 Å². The van der Waals surface area contributed by atoms with Crippen LogP contribution in [0.3, 0.4) is 0 Å². The second-order valence-electron chi connectivity index (χ2n) is 13.1. The quantitative estimate of drug-likeness (QED) is 0.243. The summed E-state index contributed by atoms with van der Waals surface area (Å²) in [6.45, 7) is 12.3. The van der Waals surface area contributed by atoms with E-state index in [9.17, 15) is 24.0 Å². The summed E-state index contributed by atoms with van der Waals surface area (Å²) < 4.78 is 5.74. The normalized spacial score (nSPS) is 29.7.